The van der Waals surface area contributed by atoms with Crippen LogP contribution in [0.3, 0.4) is 0 Å². The van der Waals surface area contributed by atoms with Gasteiger partial charge in [-0.15, -0.1) is 0 Å². The van der Waals surface area contributed by atoms with Gasteiger partial charge in [0.25, 0.3) is 0 Å². The summed E-state index contributed by atoms with van der Waals surface area (Å²) in [5.74, 6) is 0.696. The number of fused-ring (bicyclic) bond motifs is 1. The molecule has 1 aromatic carbocycles. The Bertz CT molecular complexity index is 677. The van der Waals surface area contributed by atoms with E-state index in [9.17, 15) is 9.90 Å². The van der Waals surface area contributed by atoms with Crippen LogP contribution in [-0.2, 0) is 4.79 Å². The molecular weight excluding hydrogens is 304 g/mol. The first kappa shape index (κ1) is 16.7. The topological polar surface area (TPSA) is 56.9 Å². The standard InChI is InChI=1S/C19H24N2O3/c1-2-16(14-22)20-9-11-21(12-10-20)19(23)8-7-17-13-15-5-3-4-6-18(15)24-17/h3-8,13,16,22H,2,9-12,14H2,1H3/b8-7+. The number of amides is 1. The van der Waals surface area contributed by atoms with E-state index in [0.29, 0.717) is 18.8 Å². The fourth-order valence-corrected chi connectivity index (χ4v) is 3.15. The van der Waals surface area contributed by atoms with E-state index in [2.05, 4.69) is 11.8 Å². The molecule has 1 unspecified atom stereocenters. The maximum atomic E-state index is 12.3. The molecule has 1 amide bonds. The van der Waals surface area contributed by atoms with Gasteiger partial charge in [0.2, 0.25) is 5.91 Å². The zero-order valence-corrected chi connectivity index (χ0v) is 14.0. The van der Waals surface area contributed by atoms with Crippen LogP contribution in [0, 0.1) is 0 Å². The Kier molecular flexibility index (Phi) is 5.33. The van der Waals surface area contributed by atoms with E-state index in [-0.39, 0.29) is 18.6 Å². The van der Waals surface area contributed by atoms with Crippen molar-refractivity contribution in [3.8, 4) is 0 Å². The van der Waals surface area contributed by atoms with Crippen LogP contribution in [-0.4, -0.2) is 59.6 Å². The van der Waals surface area contributed by atoms with Gasteiger partial charge in [-0.25, -0.2) is 0 Å². The van der Waals surface area contributed by atoms with Gasteiger partial charge in [-0.3, -0.25) is 9.69 Å². The summed E-state index contributed by atoms with van der Waals surface area (Å²) in [5.41, 5.74) is 0.827. The number of nitrogens with zero attached hydrogens (tertiary/aromatic N) is 2. The summed E-state index contributed by atoms with van der Waals surface area (Å²) in [7, 11) is 0. The average Bonchev–Trinajstić information content (AvgIpc) is 3.04. The molecule has 0 bridgehead atoms. The number of piperazine rings is 1. The molecule has 1 atom stereocenters. The molecule has 1 N–H and O–H groups in total. The molecule has 5 nitrogen and oxygen atoms in total. The van der Waals surface area contributed by atoms with Gasteiger partial charge >= 0.3 is 0 Å². The minimum absolute atomic E-state index is 0.00662. The normalized spacial score (nSPS) is 17.7. The van der Waals surface area contributed by atoms with Crippen molar-refractivity contribution in [1.29, 1.82) is 0 Å². The number of hydrogen-bond donors (Lipinski definition) is 1. The largest absolute Gasteiger partial charge is 0.457 e. The molecule has 1 aromatic heterocycles. The molecule has 0 radical (unpaired) electrons. The van der Waals surface area contributed by atoms with Crippen LogP contribution in [0.2, 0.25) is 0 Å². The molecule has 0 spiro atoms. The van der Waals surface area contributed by atoms with Gasteiger partial charge in [0, 0.05) is 43.7 Å². The second-order valence-corrected chi connectivity index (χ2v) is 6.13. The van der Waals surface area contributed by atoms with Crippen LogP contribution >= 0.6 is 0 Å². The molecule has 128 valence electrons. The zero-order chi connectivity index (χ0) is 16.9. The van der Waals surface area contributed by atoms with Gasteiger partial charge in [-0.2, -0.15) is 0 Å². The van der Waals surface area contributed by atoms with Crippen molar-refractivity contribution in [3.05, 3.63) is 42.2 Å². The van der Waals surface area contributed by atoms with Crippen LogP contribution < -0.4 is 0 Å². The zero-order valence-electron chi connectivity index (χ0n) is 14.0. The van der Waals surface area contributed by atoms with Crippen LogP contribution in [0.5, 0.6) is 0 Å². The van der Waals surface area contributed by atoms with Crippen LogP contribution in [0.15, 0.2) is 40.8 Å². The first-order valence-electron chi connectivity index (χ1n) is 8.51. The van der Waals surface area contributed by atoms with Crippen molar-refractivity contribution >= 4 is 23.0 Å². The Hall–Kier alpha value is -2.11. The highest BCUT2D eigenvalue weighted by molar-refractivity contribution is 5.92. The molecule has 2 aromatic rings. The van der Waals surface area contributed by atoms with Gasteiger partial charge in [-0.1, -0.05) is 25.1 Å². The maximum Gasteiger partial charge on any atom is 0.246 e. The Labute approximate surface area is 142 Å². The van der Waals surface area contributed by atoms with Crippen molar-refractivity contribution in [1.82, 2.24) is 9.80 Å². The van der Waals surface area contributed by atoms with Crippen LogP contribution in [0.4, 0.5) is 0 Å². The lowest BCUT2D eigenvalue weighted by Gasteiger charge is -2.38. The molecule has 2 heterocycles. The Morgan fingerprint density at radius 2 is 2.04 bits per heavy atom. The number of rotatable bonds is 5. The second kappa shape index (κ2) is 7.64. The number of aliphatic hydroxyl groups excluding tert-OH is 1. The van der Waals surface area contributed by atoms with Gasteiger partial charge < -0.3 is 14.4 Å². The Morgan fingerprint density at radius 1 is 1.29 bits per heavy atom. The summed E-state index contributed by atoms with van der Waals surface area (Å²) in [5, 5.41) is 10.4. The molecule has 0 aliphatic carbocycles. The van der Waals surface area contributed by atoms with E-state index in [1.807, 2.05) is 35.2 Å². The Morgan fingerprint density at radius 3 is 2.71 bits per heavy atom. The number of hydrogen-bond acceptors (Lipinski definition) is 4. The highest BCUT2D eigenvalue weighted by Gasteiger charge is 2.23. The predicted molar refractivity (Wildman–Crippen MR) is 94.6 cm³/mol. The van der Waals surface area contributed by atoms with Crippen molar-refractivity contribution in [2.75, 3.05) is 32.8 Å². The van der Waals surface area contributed by atoms with Crippen LogP contribution in [0.25, 0.3) is 17.0 Å². The predicted octanol–water partition coefficient (Wildman–Crippen LogP) is 2.36. The van der Waals surface area contributed by atoms with E-state index in [0.717, 1.165) is 30.5 Å². The van der Waals surface area contributed by atoms with E-state index in [1.54, 1.807) is 12.2 Å². The highest BCUT2D eigenvalue weighted by atomic mass is 16.3. The minimum Gasteiger partial charge on any atom is -0.457 e. The highest BCUT2D eigenvalue weighted by Crippen LogP contribution is 2.19. The van der Waals surface area contributed by atoms with E-state index in [1.165, 1.54) is 0 Å². The second-order valence-electron chi connectivity index (χ2n) is 6.13. The number of carbonyl (C=O) groups is 1. The van der Waals surface area contributed by atoms with E-state index < -0.39 is 0 Å². The molecule has 24 heavy (non-hydrogen) atoms. The lowest BCUT2D eigenvalue weighted by Crippen LogP contribution is -2.52. The summed E-state index contributed by atoms with van der Waals surface area (Å²) >= 11 is 0. The lowest BCUT2D eigenvalue weighted by atomic mass is 10.1. The van der Waals surface area contributed by atoms with E-state index >= 15 is 0 Å². The van der Waals surface area contributed by atoms with Gasteiger partial charge in [-0.05, 0) is 24.6 Å². The number of aliphatic hydroxyl groups is 1. The molecule has 0 saturated carbocycles. The summed E-state index contributed by atoms with van der Waals surface area (Å²) in [4.78, 5) is 16.4. The van der Waals surface area contributed by atoms with Gasteiger partial charge in [0.1, 0.15) is 11.3 Å². The van der Waals surface area contributed by atoms with Crippen molar-refractivity contribution < 1.29 is 14.3 Å². The lowest BCUT2D eigenvalue weighted by molar-refractivity contribution is -0.128. The van der Waals surface area contributed by atoms with Gasteiger partial charge in [0.15, 0.2) is 0 Å². The molecular formula is C19H24N2O3. The third-order valence-corrected chi connectivity index (χ3v) is 4.66. The fraction of sp³-hybridized carbons (Fsp3) is 0.421. The molecule has 1 aliphatic heterocycles. The summed E-state index contributed by atoms with van der Waals surface area (Å²) in [6.07, 6.45) is 4.24. The van der Waals surface area contributed by atoms with Crippen molar-refractivity contribution in [2.24, 2.45) is 0 Å². The molecule has 3 rings (SSSR count). The number of para-hydroxylation sites is 1. The minimum atomic E-state index is 0.00662. The summed E-state index contributed by atoms with van der Waals surface area (Å²) < 4.78 is 5.69. The molecule has 5 heteroatoms. The smallest absolute Gasteiger partial charge is 0.246 e. The van der Waals surface area contributed by atoms with Gasteiger partial charge in [0.05, 0.1) is 6.61 Å². The number of benzene rings is 1. The van der Waals surface area contributed by atoms with Crippen molar-refractivity contribution in [2.45, 2.75) is 19.4 Å². The van der Waals surface area contributed by atoms with E-state index in [4.69, 9.17) is 4.42 Å². The third-order valence-electron chi connectivity index (χ3n) is 4.66. The Balaban J connectivity index is 1.57. The first-order valence-corrected chi connectivity index (χ1v) is 8.51. The fourth-order valence-electron chi connectivity index (χ4n) is 3.15. The maximum absolute atomic E-state index is 12.3. The molecule has 1 aliphatic rings. The number of furan rings is 1. The molecule has 1 fully saturated rings. The third kappa shape index (κ3) is 3.68. The quantitative estimate of drug-likeness (QED) is 0.856. The molecule has 1 saturated heterocycles. The summed E-state index contributed by atoms with van der Waals surface area (Å²) in [6, 6.07) is 9.94. The number of carbonyl (C=O) groups excluding carboxylic acids is 1. The van der Waals surface area contributed by atoms with Crippen LogP contribution in [0.1, 0.15) is 19.1 Å². The van der Waals surface area contributed by atoms with Crippen molar-refractivity contribution in [3.63, 3.8) is 0 Å². The average molecular weight is 328 g/mol. The summed E-state index contributed by atoms with van der Waals surface area (Å²) in [6.45, 7) is 5.26. The SMILES string of the molecule is CCC(CO)N1CCN(C(=O)/C=C/c2cc3ccccc3o2)CC1. The first-order chi connectivity index (χ1) is 11.7. The monoisotopic (exact) mass is 328 g/mol.